The van der Waals surface area contributed by atoms with Gasteiger partial charge in [0.15, 0.2) is 12.4 Å². The van der Waals surface area contributed by atoms with Gasteiger partial charge in [-0.2, -0.15) is 0 Å². The van der Waals surface area contributed by atoms with Crippen LogP contribution in [-0.4, -0.2) is 55.3 Å². The molecule has 0 fully saturated rings. The zero-order valence-electron chi connectivity index (χ0n) is 14.9. The highest BCUT2D eigenvalue weighted by molar-refractivity contribution is 6.30. The van der Waals surface area contributed by atoms with Gasteiger partial charge >= 0.3 is 5.97 Å². The Bertz CT molecular complexity index is 954. The van der Waals surface area contributed by atoms with Crippen LogP contribution in [0.1, 0.15) is 41.4 Å². The van der Waals surface area contributed by atoms with Crippen LogP contribution in [0, 0.1) is 0 Å². The number of esters is 1. The summed E-state index contributed by atoms with van der Waals surface area (Å²) in [5.74, 6) is -2.08. The van der Waals surface area contributed by atoms with E-state index >= 15 is 0 Å². The van der Waals surface area contributed by atoms with Crippen LogP contribution in [0.3, 0.4) is 0 Å². The number of methoxy groups -OCH3 is 1. The van der Waals surface area contributed by atoms with E-state index in [0.717, 1.165) is 4.90 Å². The molecule has 1 heterocycles. The van der Waals surface area contributed by atoms with E-state index in [-0.39, 0.29) is 35.6 Å². The number of carbonyl (C=O) groups is 4. The zero-order chi connectivity index (χ0) is 20.3. The van der Waals surface area contributed by atoms with Gasteiger partial charge in [-0.05, 0) is 42.5 Å². The summed E-state index contributed by atoms with van der Waals surface area (Å²) in [5.41, 5.74) is 0.785. The average molecular weight is 402 g/mol. The van der Waals surface area contributed by atoms with Gasteiger partial charge in [-0.15, -0.1) is 0 Å². The van der Waals surface area contributed by atoms with Crippen molar-refractivity contribution >= 4 is 35.2 Å². The summed E-state index contributed by atoms with van der Waals surface area (Å²) < 4.78 is 9.94. The summed E-state index contributed by atoms with van der Waals surface area (Å²) in [6, 6.07) is 10.3. The number of hydrogen-bond acceptors (Lipinski definition) is 6. The number of nitrogens with zero attached hydrogens (tertiary/aromatic N) is 1. The Balaban J connectivity index is 1.68. The molecule has 0 aliphatic carbocycles. The van der Waals surface area contributed by atoms with Crippen molar-refractivity contribution < 1.29 is 28.7 Å². The molecule has 7 nitrogen and oxygen atoms in total. The first kappa shape index (κ1) is 19.7. The van der Waals surface area contributed by atoms with Gasteiger partial charge < -0.3 is 9.47 Å². The maximum Gasteiger partial charge on any atom is 0.338 e. The van der Waals surface area contributed by atoms with E-state index in [1.807, 2.05) is 0 Å². The lowest BCUT2D eigenvalue weighted by Crippen LogP contribution is -2.32. The Morgan fingerprint density at radius 1 is 0.964 bits per heavy atom. The van der Waals surface area contributed by atoms with Crippen molar-refractivity contribution in [2.75, 3.05) is 26.9 Å². The largest absolute Gasteiger partial charge is 0.454 e. The van der Waals surface area contributed by atoms with Crippen molar-refractivity contribution in [3.05, 3.63) is 69.7 Å². The number of hydrogen-bond donors (Lipinski definition) is 0. The summed E-state index contributed by atoms with van der Waals surface area (Å²) >= 11 is 5.77. The number of benzene rings is 2. The molecule has 3 rings (SSSR count). The number of imide groups is 1. The molecule has 1 aliphatic rings. The molecule has 0 N–H and O–H groups in total. The summed E-state index contributed by atoms with van der Waals surface area (Å²) in [7, 11) is 1.47. The van der Waals surface area contributed by atoms with Crippen molar-refractivity contribution in [3.63, 3.8) is 0 Å². The highest BCUT2D eigenvalue weighted by Gasteiger charge is 2.35. The first-order valence-electron chi connectivity index (χ1n) is 8.37. The number of fused-ring (bicyclic) bond motifs is 1. The summed E-state index contributed by atoms with van der Waals surface area (Å²) in [5, 5.41) is 0.491. The smallest absolute Gasteiger partial charge is 0.338 e. The standard InChI is InChI=1S/C20H16ClNO6/c1-27-9-8-22-18(24)15-7-4-13(10-16(15)19(22)25)20(26)28-11-17(23)12-2-5-14(21)6-3-12/h2-7,10H,8-9,11H2,1H3. The SMILES string of the molecule is COCCN1C(=O)c2ccc(C(=O)OCC(=O)c3ccc(Cl)cc3)cc2C1=O. The van der Waals surface area contributed by atoms with Gasteiger partial charge in [0.1, 0.15) is 0 Å². The molecule has 0 atom stereocenters. The Kier molecular flexibility index (Phi) is 5.87. The number of carbonyl (C=O) groups excluding carboxylic acids is 4. The molecule has 0 spiro atoms. The van der Waals surface area contributed by atoms with E-state index in [0.29, 0.717) is 10.6 Å². The normalized spacial score (nSPS) is 12.9. The van der Waals surface area contributed by atoms with E-state index < -0.39 is 24.4 Å². The van der Waals surface area contributed by atoms with Gasteiger partial charge in [-0.25, -0.2) is 4.79 Å². The Morgan fingerprint density at radius 3 is 2.29 bits per heavy atom. The molecule has 2 amide bonds. The molecule has 28 heavy (non-hydrogen) atoms. The van der Waals surface area contributed by atoms with Crippen molar-refractivity contribution in [3.8, 4) is 0 Å². The summed E-state index contributed by atoms with van der Waals surface area (Å²) in [4.78, 5) is 50.1. The number of Topliss-reactive ketones (excluding diaryl/α,β-unsaturated/α-hetero) is 1. The molecular weight excluding hydrogens is 386 g/mol. The predicted molar refractivity (Wildman–Crippen MR) is 99.8 cm³/mol. The second-order valence-corrected chi connectivity index (χ2v) is 6.46. The summed E-state index contributed by atoms with van der Waals surface area (Å²) in [6.45, 7) is -0.115. The topological polar surface area (TPSA) is 90.0 Å². The minimum Gasteiger partial charge on any atom is -0.454 e. The molecular formula is C20H16ClNO6. The Morgan fingerprint density at radius 2 is 1.61 bits per heavy atom. The first-order valence-corrected chi connectivity index (χ1v) is 8.75. The van der Waals surface area contributed by atoms with Crippen LogP contribution in [-0.2, 0) is 9.47 Å². The predicted octanol–water partition coefficient (Wildman–Crippen LogP) is 2.62. The molecule has 0 saturated carbocycles. The van der Waals surface area contributed by atoms with Crippen LogP contribution in [0.5, 0.6) is 0 Å². The Labute approximate surface area is 165 Å². The fourth-order valence-electron chi connectivity index (χ4n) is 2.74. The number of ether oxygens (including phenoxy) is 2. The lowest BCUT2D eigenvalue weighted by atomic mass is 10.1. The number of ketones is 1. The number of halogens is 1. The molecule has 0 aromatic heterocycles. The van der Waals surface area contributed by atoms with Gasteiger partial charge in [0.2, 0.25) is 0 Å². The fourth-order valence-corrected chi connectivity index (χ4v) is 2.86. The number of amides is 2. The maximum absolute atomic E-state index is 12.4. The molecule has 0 unspecified atom stereocenters. The van der Waals surface area contributed by atoms with Gasteiger partial charge in [0.05, 0.1) is 29.8 Å². The van der Waals surface area contributed by atoms with Crippen molar-refractivity contribution in [2.24, 2.45) is 0 Å². The van der Waals surface area contributed by atoms with Crippen molar-refractivity contribution in [1.82, 2.24) is 4.90 Å². The molecule has 1 aliphatic heterocycles. The highest BCUT2D eigenvalue weighted by Crippen LogP contribution is 2.24. The van der Waals surface area contributed by atoms with E-state index in [2.05, 4.69) is 0 Å². The van der Waals surface area contributed by atoms with E-state index in [1.165, 1.54) is 37.4 Å². The Hall–Kier alpha value is -3.03. The van der Waals surface area contributed by atoms with Crippen LogP contribution in [0.4, 0.5) is 0 Å². The van der Waals surface area contributed by atoms with Gasteiger partial charge in [0.25, 0.3) is 11.8 Å². The molecule has 2 aromatic rings. The maximum atomic E-state index is 12.4. The quantitative estimate of drug-likeness (QED) is 0.402. The van der Waals surface area contributed by atoms with Gasteiger partial charge in [-0.3, -0.25) is 19.3 Å². The fraction of sp³-hybridized carbons (Fsp3) is 0.200. The van der Waals surface area contributed by atoms with Crippen LogP contribution >= 0.6 is 11.6 Å². The summed E-state index contributed by atoms with van der Waals surface area (Å²) in [6.07, 6.45) is 0. The van der Waals surface area contributed by atoms with E-state index in [1.54, 1.807) is 12.1 Å². The molecule has 0 radical (unpaired) electrons. The minimum absolute atomic E-state index is 0.0809. The third-order valence-electron chi connectivity index (χ3n) is 4.23. The third kappa shape index (κ3) is 3.95. The zero-order valence-corrected chi connectivity index (χ0v) is 15.7. The molecule has 8 heteroatoms. The molecule has 0 bridgehead atoms. The average Bonchev–Trinajstić information content (AvgIpc) is 2.94. The van der Waals surface area contributed by atoms with Gasteiger partial charge in [0, 0.05) is 17.7 Å². The van der Waals surface area contributed by atoms with Crippen LogP contribution in [0.15, 0.2) is 42.5 Å². The first-order chi connectivity index (χ1) is 13.4. The van der Waals surface area contributed by atoms with Crippen LogP contribution < -0.4 is 0 Å². The molecule has 144 valence electrons. The third-order valence-corrected chi connectivity index (χ3v) is 4.48. The van der Waals surface area contributed by atoms with E-state index in [9.17, 15) is 19.2 Å². The minimum atomic E-state index is -0.763. The number of rotatable bonds is 7. The van der Waals surface area contributed by atoms with E-state index in [4.69, 9.17) is 21.1 Å². The molecule has 0 saturated heterocycles. The second kappa shape index (κ2) is 8.33. The van der Waals surface area contributed by atoms with Crippen molar-refractivity contribution in [2.45, 2.75) is 0 Å². The van der Waals surface area contributed by atoms with Crippen LogP contribution in [0.25, 0.3) is 0 Å². The highest BCUT2D eigenvalue weighted by atomic mass is 35.5. The van der Waals surface area contributed by atoms with Crippen molar-refractivity contribution in [1.29, 1.82) is 0 Å². The lowest BCUT2D eigenvalue weighted by Gasteiger charge is -2.12. The lowest BCUT2D eigenvalue weighted by molar-refractivity contribution is 0.0474. The second-order valence-electron chi connectivity index (χ2n) is 6.02. The monoisotopic (exact) mass is 401 g/mol. The molecule has 2 aromatic carbocycles. The van der Waals surface area contributed by atoms with Crippen LogP contribution in [0.2, 0.25) is 5.02 Å². The van der Waals surface area contributed by atoms with Gasteiger partial charge in [-0.1, -0.05) is 11.6 Å².